The van der Waals surface area contributed by atoms with E-state index < -0.39 is 0 Å². The van der Waals surface area contributed by atoms with Crippen molar-refractivity contribution in [3.05, 3.63) is 0 Å². The van der Waals surface area contributed by atoms with Crippen molar-refractivity contribution in [2.45, 2.75) is 25.1 Å². The highest BCUT2D eigenvalue weighted by atomic mass is 16.5. The van der Waals surface area contributed by atoms with Gasteiger partial charge in [-0.2, -0.15) is 0 Å². The fraction of sp³-hybridized carbons (Fsp3) is 1.00. The third kappa shape index (κ3) is 0.844. The minimum Gasteiger partial charge on any atom is -0.375 e. The molecular weight excluding hydrogens is 104 g/mol. The highest BCUT2D eigenvalue weighted by Crippen LogP contribution is 2.08. The van der Waals surface area contributed by atoms with Gasteiger partial charge in [-0.25, -0.2) is 0 Å². The fourth-order valence-electron chi connectivity index (χ4n) is 0.733. The zero-order valence-electron chi connectivity index (χ0n) is 5.71. The Kier molecular flexibility index (Phi) is 1.19. The van der Waals surface area contributed by atoms with Crippen molar-refractivity contribution in [2.75, 3.05) is 6.61 Å². The molecule has 0 amide bonds. The molecule has 0 aliphatic carbocycles. The molecule has 0 unspecified atom stereocenters. The minimum absolute atomic E-state index is 0.0691. The molecule has 1 rings (SSSR count). The van der Waals surface area contributed by atoms with Crippen LogP contribution in [0, 0.1) is 0 Å². The zero-order chi connectivity index (χ0) is 6.85. The number of ether oxygens (including phenoxy) is 1. The van der Waals surface area contributed by atoms with E-state index in [0.717, 1.165) is 0 Å². The van der Waals surface area contributed by atoms with Crippen LogP contribution in [0.4, 0.5) is 0 Å². The molecule has 0 aromatic heterocycles. The summed E-state index contributed by atoms with van der Waals surface area (Å²) in [6.45, 7) is 0.722. The molecule has 1 aliphatic rings. The van der Waals surface area contributed by atoms with Crippen LogP contribution in [0.1, 0.15) is 8.27 Å². The smallest absolute Gasteiger partial charge is 0.0714 e. The number of rotatable bonds is 0. The first-order chi connectivity index (χ1) is 4.25. The largest absolute Gasteiger partial charge is 0.375 e. The van der Waals surface area contributed by atoms with Crippen LogP contribution in [-0.2, 0) is 4.74 Å². The van der Waals surface area contributed by atoms with Gasteiger partial charge in [0.1, 0.15) is 0 Å². The third-order valence-electron chi connectivity index (χ3n) is 1.43. The average molecular weight is 118 g/mol. The van der Waals surface area contributed by atoms with Crippen LogP contribution in [0.25, 0.3) is 0 Å². The van der Waals surface area contributed by atoms with Crippen LogP contribution in [0.2, 0.25) is 0 Å². The van der Waals surface area contributed by atoms with E-state index >= 15 is 0 Å². The first-order valence-corrected chi connectivity index (χ1v) is 2.67. The molecule has 1 aliphatic heterocycles. The Hall–Kier alpha value is -0.120. The van der Waals surface area contributed by atoms with Crippen molar-refractivity contribution >= 4 is 0 Å². The molecule has 8 heavy (non-hydrogen) atoms. The second-order valence-electron chi connectivity index (χ2n) is 2.11. The van der Waals surface area contributed by atoms with Crippen molar-refractivity contribution in [1.29, 1.82) is 0 Å². The lowest BCUT2D eigenvalue weighted by atomic mass is 10.1. The van der Waals surface area contributed by atoms with E-state index in [1.165, 1.54) is 0 Å². The quantitative estimate of drug-likeness (QED) is 0.431. The van der Waals surface area contributed by atoms with Crippen LogP contribution in [0.15, 0.2) is 0 Å². The van der Waals surface area contributed by atoms with E-state index in [1.54, 1.807) is 0 Å². The molecule has 48 valence electrons. The molecule has 1 saturated heterocycles. The van der Waals surface area contributed by atoms with E-state index in [1.807, 2.05) is 0 Å². The van der Waals surface area contributed by atoms with E-state index in [9.17, 15) is 0 Å². The van der Waals surface area contributed by atoms with Crippen molar-refractivity contribution in [2.24, 2.45) is 11.5 Å². The van der Waals surface area contributed by atoms with Gasteiger partial charge >= 0.3 is 0 Å². The summed E-state index contributed by atoms with van der Waals surface area (Å²) in [5.41, 5.74) is 11.1. The van der Waals surface area contributed by atoms with Crippen molar-refractivity contribution in [3.63, 3.8) is 0 Å². The van der Waals surface area contributed by atoms with Crippen LogP contribution in [0.5, 0.6) is 0 Å². The Bertz CT molecular complexity index is 101. The summed E-state index contributed by atoms with van der Waals surface area (Å²) in [4.78, 5) is 0. The van der Waals surface area contributed by atoms with Gasteiger partial charge in [0.2, 0.25) is 0 Å². The lowest BCUT2D eigenvalue weighted by Crippen LogP contribution is -2.42. The highest BCUT2D eigenvalue weighted by molar-refractivity contribution is 4.86. The van der Waals surface area contributed by atoms with Gasteiger partial charge < -0.3 is 16.2 Å². The first-order valence-electron chi connectivity index (χ1n) is 3.38. The summed E-state index contributed by atoms with van der Waals surface area (Å²) in [5.74, 6) is 0. The van der Waals surface area contributed by atoms with Gasteiger partial charge in [0.25, 0.3) is 0 Å². The molecule has 0 aromatic rings. The second kappa shape index (κ2) is 2.01. The molecule has 1 fully saturated rings. The normalized spacial score (nSPS) is 49.2. The van der Waals surface area contributed by atoms with Gasteiger partial charge in [0.15, 0.2) is 0 Å². The molecule has 4 N–H and O–H groups in total. The lowest BCUT2D eigenvalue weighted by molar-refractivity contribution is 0.118. The molecule has 0 bridgehead atoms. The number of nitrogens with two attached hydrogens (primary N) is 2. The SMILES string of the molecule is [3H]C[C@H]1OC[C@@H](N)[C@H]1N. The van der Waals surface area contributed by atoms with Gasteiger partial charge in [-0.3, -0.25) is 0 Å². The van der Waals surface area contributed by atoms with Crippen molar-refractivity contribution in [3.8, 4) is 0 Å². The van der Waals surface area contributed by atoms with Gasteiger partial charge in [-0.1, -0.05) is 0 Å². The van der Waals surface area contributed by atoms with Crippen LogP contribution < -0.4 is 11.5 Å². The molecule has 0 spiro atoms. The fourth-order valence-corrected chi connectivity index (χ4v) is 0.733. The van der Waals surface area contributed by atoms with Gasteiger partial charge in [-0.05, 0) is 6.90 Å². The van der Waals surface area contributed by atoms with Crippen molar-refractivity contribution in [1.82, 2.24) is 0 Å². The molecular formula is C5H12N2O. The standard InChI is InChI=1S/C5H12N2O/c1-3-5(7)4(6)2-8-3/h3-5H,2,6-7H2,1H3/t3-,4-,5+/m1/s1/i1T. The molecule has 0 aromatic carbocycles. The maximum absolute atomic E-state index is 6.96. The monoisotopic (exact) mass is 118 g/mol. The van der Waals surface area contributed by atoms with Crippen LogP contribution in [-0.4, -0.2) is 24.8 Å². The topological polar surface area (TPSA) is 61.3 Å². The summed E-state index contributed by atoms with van der Waals surface area (Å²) < 4.78 is 12.0. The number of hydrogen-bond acceptors (Lipinski definition) is 3. The Balaban J connectivity index is 2.41. The summed E-state index contributed by atoms with van der Waals surface area (Å²) >= 11 is 0. The third-order valence-corrected chi connectivity index (χ3v) is 1.43. The maximum Gasteiger partial charge on any atom is 0.0714 e. The lowest BCUT2D eigenvalue weighted by Gasteiger charge is -2.09. The Morgan fingerprint density at radius 1 is 1.75 bits per heavy atom. The van der Waals surface area contributed by atoms with Crippen molar-refractivity contribution < 1.29 is 6.11 Å². The molecule has 3 nitrogen and oxygen atoms in total. The minimum atomic E-state index is -0.139. The number of hydrogen-bond donors (Lipinski definition) is 2. The van der Waals surface area contributed by atoms with Gasteiger partial charge in [0.05, 0.1) is 12.7 Å². The molecule has 3 heteroatoms. The zero-order valence-corrected chi connectivity index (χ0v) is 4.71. The maximum atomic E-state index is 6.96. The van der Waals surface area contributed by atoms with Gasteiger partial charge in [0, 0.05) is 13.5 Å². The highest BCUT2D eigenvalue weighted by Gasteiger charge is 2.27. The molecule has 1 heterocycles. The van der Waals surface area contributed by atoms with Gasteiger partial charge in [-0.15, -0.1) is 0 Å². The van der Waals surface area contributed by atoms with E-state index in [4.69, 9.17) is 17.6 Å². The predicted octanol–water partition coefficient (Wildman–Crippen LogP) is -0.940. The Labute approximate surface area is 50.4 Å². The Morgan fingerprint density at radius 3 is 2.75 bits per heavy atom. The van der Waals surface area contributed by atoms with E-state index in [0.29, 0.717) is 6.61 Å². The second-order valence-corrected chi connectivity index (χ2v) is 2.11. The van der Waals surface area contributed by atoms with E-state index in [-0.39, 0.29) is 25.1 Å². The summed E-state index contributed by atoms with van der Waals surface area (Å²) in [5, 5.41) is 0. The summed E-state index contributed by atoms with van der Waals surface area (Å²) in [7, 11) is 0. The summed E-state index contributed by atoms with van der Waals surface area (Å²) in [6, 6.07) is -0.206. The molecule has 0 saturated carbocycles. The predicted molar refractivity (Wildman–Crippen MR) is 31.4 cm³/mol. The van der Waals surface area contributed by atoms with Crippen LogP contribution in [0.3, 0.4) is 0 Å². The van der Waals surface area contributed by atoms with E-state index in [2.05, 4.69) is 0 Å². The molecule has 0 radical (unpaired) electrons. The molecule has 3 atom stereocenters. The van der Waals surface area contributed by atoms with Crippen LogP contribution >= 0.6 is 0 Å². The average Bonchev–Trinajstić information content (AvgIpc) is 2.15. The first kappa shape index (κ1) is 4.73. The Morgan fingerprint density at radius 2 is 2.50 bits per heavy atom. The summed E-state index contributed by atoms with van der Waals surface area (Å²) in [6.07, 6.45) is -0.139.